The predicted octanol–water partition coefficient (Wildman–Crippen LogP) is 3.53. The van der Waals surface area contributed by atoms with Crippen LogP contribution in [0.2, 0.25) is 0 Å². The van der Waals surface area contributed by atoms with Crippen LogP contribution >= 0.6 is 0 Å². The van der Waals surface area contributed by atoms with Crippen molar-refractivity contribution < 1.29 is 4.74 Å². The molecule has 15 heavy (non-hydrogen) atoms. The standard InChI is InChI=1S/C13H13NO/c1-3-4-7-11(2)12-8-5-6-9-13(12)15-10-14/h3-9H,1-2H3/b4-3-,11-7+. The highest BCUT2D eigenvalue weighted by molar-refractivity contribution is 5.70. The molecule has 0 unspecified atom stereocenters. The number of para-hydroxylation sites is 1. The monoisotopic (exact) mass is 199 g/mol. The molecule has 0 atom stereocenters. The molecule has 0 aliphatic rings. The van der Waals surface area contributed by atoms with Crippen LogP contribution < -0.4 is 4.74 Å². The Bertz CT molecular complexity index is 424. The lowest BCUT2D eigenvalue weighted by molar-refractivity contribution is 0.505. The summed E-state index contributed by atoms with van der Waals surface area (Å²) in [6.07, 6.45) is 7.59. The summed E-state index contributed by atoms with van der Waals surface area (Å²) in [6, 6.07) is 7.49. The molecule has 76 valence electrons. The van der Waals surface area contributed by atoms with Crippen molar-refractivity contribution in [2.75, 3.05) is 0 Å². The highest BCUT2D eigenvalue weighted by Crippen LogP contribution is 2.25. The molecular formula is C13H13NO. The zero-order valence-corrected chi connectivity index (χ0v) is 8.90. The number of allylic oxidation sites excluding steroid dienone is 4. The Labute approximate surface area is 90.1 Å². The van der Waals surface area contributed by atoms with Crippen LogP contribution in [0.5, 0.6) is 5.75 Å². The van der Waals surface area contributed by atoms with Gasteiger partial charge in [-0.2, -0.15) is 0 Å². The minimum atomic E-state index is 0.596. The van der Waals surface area contributed by atoms with E-state index in [1.165, 1.54) is 0 Å². The van der Waals surface area contributed by atoms with Crippen molar-refractivity contribution in [3.8, 4) is 12.0 Å². The van der Waals surface area contributed by atoms with Crippen LogP contribution in [0.25, 0.3) is 5.57 Å². The van der Waals surface area contributed by atoms with E-state index in [9.17, 15) is 0 Å². The van der Waals surface area contributed by atoms with Crippen LogP contribution in [0.4, 0.5) is 0 Å². The molecule has 1 rings (SSSR count). The summed E-state index contributed by atoms with van der Waals surface area (Å²) >= 11 is 0. The third-order valence-corrected chi connectivity index (χ3v) is 2.01. The molecule has 0 bridgehead atoms. The molecule has 0 aliphatic heterocycles. The molecule has 1 aromatic rings. The Balaban J connectivity index is 3.08. The smallest absolute Gasteiger partial charge is 0.292 e. The molecule has 0 heterocycles. The first-order chi connectivity index (χ1) is 7.29. The first kappa shape index (κ1) is 11.1. The van der Waals surface area contributed by atoms with Crippen molar-refractivity contribution in [2.45, 2.75) is 13.8 Å². The fraction of sp³-hybridized carbons (Fsp3) is 0.154. The average molecular weight is 199 g/mol. The predicted molar refractivity (Wildman–Crippen MR) is 61.1 cm³/mol. The third kappa shape index (κ3) is 2.99. The van der Waals surface area contributed by atoms with Gasteiger partial charge in [-0.25, -0.2) is 0 Å². The number of hydrogen-bond donors (Lipinski definition) is 0. The van der Waals surface area contributed by atoms with E-state index < -0.39 is 0 Å². The van der Waals surface area contributed by atoms with Gasteiger partial charge in [-0.3, -0.25) is 0 Å². The highest BCUT2D eigenvalue weighted by atomic mass is 16.5. The fourth-order valence-electron chi connectivity index (χ4n) is 1.26. The van der Waals surface area contributed by atoms with Crippen molar-refractivity contribution >= 4 is 5.57 Å². The lowest BCUT2D eigenvalue weighted by Crippen LogP contribution is -1.88. The van der Waals surface area contributed by atoms with E-state index in [1.807, 2.05) is 50.3 Å². The second-order valence-corrected chi connectivity index (χ2v) is 3.06. The van der Waals surface area contributed by atoms with E-state index in [1.54, 1.807) is 12.3 Å². The number of benzene rings is 1. The Morgan fingerprint density at radius 2 is 2.13 bits per heavy atom. The first-order valence-corrected chi connectivity index (χ1v) is 4.74. The number of rotatable bonds is 3. The van der Waals surface area contributed by atoms with Gasteiger partial charge in [0.1, 0.15) is 5.75 Å². The molecule has 0 radical (unpaired) electrons. The van der Waals surface area contributed by atoms with Crippen LogP contribution in [0.3, 0.4) is 0 Å². The van der Waals surface area contributed by atoms with E-state index in [4.69, 9.17) is 10.00 Å². The van der Waals surface area contributed by atoms with Crippen LogP contribution in [0, 0.1) is 11.5 Å². The molecule has 1 aromatic carbocycles. The molecule has 0 amide bonds. The molecule has 0 N–H and O–H groups in total. The van der Waals surface area contributed by atoms with Gasteiger partial charge < -0.3 is 4.74 Å². The van der Waals surface area contributed by atoms with Crippen LogP contribution in [-0.2, 0) is 0 Å². The minimum absolute atomic E-state index is 0.596. The molecule has 0 saturated heterocycles. The van der Waals surface area contributed by atoms with Crippen molar-refractivity contribution in [1.82, 2.24) is 0 Å². The second-order valence-electron chi connectivity index (χ2n) is 3.06. The topological polar surface area (TPSA) is 33.0 Å². The zero-order valence-electron chi connectivity index (χ0n) is 8.90. The number of ether oxygens (including phenoxy) is 1. The molecule has 0 aliphatic carbocycles. The summed E-state index contributed by atoms with van der Waals surface area (Å²) < 4.78 is 4.88. The largest absolute Gasteiger partial charge is 0.387 e. The van der Waals surface area contributed by atoms with E-state index in [0.717, 1.165) is 11.1 Å². The highest BCUT2D eigenvalue weighted by Gasteiger charge is 2.03. The zero-order chi connectivity index (χ0) is 11.1. The van der Waals surface area contributed by atoms with E-state index >= 15 is 0 Å². The molecule has 0 fully saturated rings. The SMILES string of the molecule is C/C=C\C=C(/C)c1ccccc1OC#N. The fourth-order valence-corrected chi connectivity index (χ4v) is 1.26. The van der Waals surface area contributed by atoms with Crippen LogP contribution in [-0.4, -0.2) is 0 Å². The van der Waals surface area contributed by atoms with Gasteiger partial charge in [0, 0.05) is 5.56 Å². The summed E-state index contributed by atoms with van der Waals surface area (Å²) in [4.78, 5) is 0. The average Bonchev–Trinajstić information content (AvgIpc) is 2.27. The van der Waals surface area contributed by atoms with E-state index in [2.05, 4.69) is 0 Å². The maximum atomic E-state index is 8.50. The van der Waals surface area contributed by atoms with Crippen LogP contribution in [0.1, 0.15) is 19.4 Å². The minimum Gasteiger partial charge on any atom is -0.387 e. The lowest BCUT2D eigenvalue weighted by Gasteiger charge is -2.05. The normalized spacial score (nSPS) is 11.4. The number of hydrogen-bond acceptors (Lipinski definition) is 2. The molecule has 2 heteroatoms. The van der Waals surface area contributed by atoms with Crippen molar-refractivity contribution in [3.05, 3.63) is 48.1 Å². The van der Waals surface area contributed by atoms with Gasteiger partial charge in [-0.15, -0.1) is 5.26 Å². The van der Waals surface area contributed by atoms with Crippen molar-refractivity contribution in [2.24, 2.45) is 0 Å². The maximum Gasteiger partial charge on any atom is 0.292 e. The van der Waals surface area contributed by atoms with Gasteiger partial charge in [-0.1, -0.05) is 36.4 Å². The number of nitriles is 1. The molecule has 2 nitrogen and oxygen atoms in total. The van der Waals surface area contributed by atoms with E-state index in [0.29, 0.717) is 5.75 Å². The van der Waals surface area contributed by atoms with Crippen molar-refractivity contribution in [3.63, 3.8) is 0 Å². The molecule has 0 saturated carbocycles. The summed E-state index contributed by atoms with van der Waals surface area (Å²) in [5.74, 6) is 0.596. The van der Waals surface area contributed by atoms with Crippen LogP contribution in [0.15, 0.2) is 42.5 Å². The molecule has 0 spiro atoms. The Morgan fingerprint density at radius 3 is 2.80 bits per heavy atom. The number of nitrogens with zero attached hydrogens (tertiary/aromatic N) is 1. The van der Waals surface area contributed by atoms with Gasteiger partial charge in [0.15, 0.2) is 0 Å². The Hall–Kier alpha value is -2.01. The summed E-state index contributed by atoms with van der Waals surface area (Å²) in [5.41, 5.74) is 2.01. The molecular weight excluding hydrogens is 186 g/mol. The van der Waals surface area contributed by atoms with Gasteiger partial charge in [-0.05, 0) is 25.5 Å². The summed E-state index contributed by atoms with van der Waals surface area (Å²) in [5, 5.41) is 8.50. The van der Waals surface area contributed by atoms with Gasteiger partial charge in [0.05, 0.1) is 0 Å². The molecule has 0 aromatic heterocycles. The van der Waals surface area contributed by atoms with Crippen molar-refractivity contribution in [1.29, 1.82) is 5.26 Å². The lowest BCUT2D eigenvalue weighted by atomic mass is 10.1. The Morgan fingerprint density at radius 1 is 1.40 bits per heavy atom. The summed E-state index contributed by atoms with van der Waals surface area (Å²) in [7, 11) is 0. The van der Waals surface area contributed by atoms with Gasteiger partial charge >= 0.3 is 0 Å². The Kier molecular flexibility index (Phi) is 4.18. The van der Waals surface area contributed by atoms with Gasteiger partial charge in [0.2, 0.25) is 0 Å². The second kappa shape index (κ2) is 5.66. The first-order valence-electron chi connectivity index (χ1n) is 4.74. The quantitative estimate of drug-likeness (QED) is 0.551. The van der Waals surface area contributed by atoms with Gasteiger partial charge in [0.25, 0.3) is 6.26 Å². The summed E-state index contributed by atoms with van der Waals surface area (Å²) in [6.45, 7) is 3.95. The van der Waals surface area contributed by atoms with E-state index in [-0.39, 0.29) is 0 Å². The maximum absolute atomic E-state index is 8.50. The third-order valence-electron chi connectivity index (χ3n) is 2.01.